The van der Waals surface area contributed by atoms with Crippen molar-refractivity contribution in [3.63, 3.8) is 0 Å². The summed E-state index contributed by atoms with van der Waals surface area (Å²) in [4.78, 5) is 0.124. The van der Waals surface area contributed by atoms with E-state index in [1.807, 2.05) is 12.1 Å². The summed E-state index contributed by atoms with van der Waals surface area (Å²) in [7, 11) is -0.696. The molecule has 1 fully saturated rings. The number of sulfonamides is 1. The average molecular weight is 337 g/mol. The van der Waals surface area contributed by atoms with Crippen LogP contribution in [0.25, 0.3) is 0 Å². The largest absolute Gasteiger partial charge is 0.497 e. The summed E-state index contributed by atoms with van der Waals surface area (Å²) in [6.45, 7) is 0.851. The van der Waals surface area contributed by atoms with Gasteiger partial charge in [-0.2, -0.15) is 4.31 Å². The Balaban J connectivity index is 1.90. The fourth-order valence-corrected chi connectivity index (χ4v) is 4.50. The van der Waals surface area contributed by atoms with E-state index in [9.17, 15) is 8.42 Å². The van der Waals surface area contributed by atoms with Crippen molar-refractivity contribution in [3.05, 3.63) is 42.4 Å². The number of hydrogen-bond donors (Lipinski definition) is 0. The zero-order valence-corrected chi connectivity index (χ0v) is 13.9. The lowest BCUT2D eigenvalue weighted by Crippen LogP contribution is -2.29. The second-order valence-electron chi connectivity index (χ2n) is 5.38. The van der Waals surface area contributed by atoms with Crippen molar-refractivity contribution in [2.75, 3.05) is 27.3 Å². The molecule has 0 aliphatic carbocycles. The van der Waals surface area contributed by atoms with Gasteiger partial charge in [-0.15, -0.1) is 0 Å². The molecule has 1 aliphatic rings. The standard InChI is InChI=1S/C16H19NO5S/c1-20-13-5-6-15(21-2)16(10-13)23(18,19)17-8-7-12(11-17)14-4-3-9-22-14/h3-6,9-10,12H,7-8,11H2,1-2H3. The predicted octanol–water partition coefficient (Wildman–Crippen LogP) is 2.48. The molecule has 1 aromatic carbocycles. The van der Waals surface area contributed by atoms with Gasteiger partial charge in [0.05, 0.1) is 20.5 Å². The maximum Gasteiger partial charge on any atom is 0.246 e. The molecule has 7 heteroatoms. The van der Waals surface area contributed by atoms with Crippen LogP contribution < -0.4 is 9.47 Å². The first-order valence-corrected chi connectivity index (χ1v) is 8.76. The third-order valence-electron chi connectivity index (χ3n) is 4.09. The summed E-state index contributed by atoms with van der Waals surface area (Å²) >= 11 is 0. The maximum atomic E-state index is 13.0. The maximum absolute atomic E-state index is 13.0. The fourth-order valence-electron chi connectivity index (χ4n) is 2.83. The van der Waals surface area contributed by atoms with E-state index < -0.39 is 10.0 Å². The second-order valence-corrected chi connectivity index (χ2v) is 7.29. The van der Waals surface area contributed by atoms with Gasteiger partial charge in [-0.25, -0.2) is 8.42 Å². The van der Waals surface area contributed by atoms with Crippen LogP contribution in [0.1, 0.15) is 18.1 Å². The van der Waals surface area contributed by atoms with Crippen molar-refractivity contribution in [2.45, 2.75) is 17.2 Å². The lowest BCUT2D eigenvalue weighted by atomic mass is 10.1. The Morgan fingerprint density at radius 3 is 2.70 bits per heavy atom. The molecular weight excluding hydrogens is 318 g/mol. The van der Waals surface area contributed by atoms with Crippen molar-refractivity contribution >= 4 is 10.0 Å². The van der Waals surface area contributed by atoms with Gasteiger partial charge < -0.3 is 13.9 Å². The SMILES string of the molecule is COc1ccc(OC)c(S(=O)(=O)N2CCC(c3ccco3)C2)c1. The molecule has 0 N–H and O–H groups in total. The Morgan fingerprint density at radius 2 is 2.04 bits per heavy atom. The highest BCUT2D eigenvalue weighted by Gasteiger charge is 2.36. The molecule has 1 unspecified atom stereocenters. The van der Waals surface area contributed by atoms with E-state index in [2.05, 4.69) is 0 Å². The van der Waals surface area contributed by atoms with E-state index >= 15 is 0 Å². The Morgan fingerprint density at radius 1 is 1.22 bits per heavy atom. The van der Waals surface area contributed by atoms with Gasteiger partial charge in [0.25, 0.3) is 0 Å². The molecule has 23 heavy (non-hydrogen) atoms. The van der Waals surface area contributed by atoms with Gasteiger partial charge in [0.2, 0.25) is 10.0 Å². The van der Waals surface area contributed by atoms with Gasteiger partial charge in [-0.1, -0.05) is 0 Å². The number of furan rings is 1. The van der Waals surface area contributed by atoms with Gasteiger partial charge >= 0.3 is 0 Å². The van der Waals surface area contributed by atoms with Gasteiger partial charge in [0.1, 0.15) is 22.2 Å². The molecule has 0 radical (unpaired) electrons. The van der Waals surface area contributed by atoms with Gasteiger partial charge in [0.15, 0.2) is 0 Å². The third-order valence-corrected chi connectivity index (χ3v) is 5.97. The van der Waals surface area contributed by atoms with Crippen molar-refractivity contribution in [1.29, 1.82) is 0 Å². The normalized spacial score (nSPS) is 19.0. The summed E-state index contributed by atoms with van der Waals surface area (Å²) in [6.07, 6.45) is 2.34. The highest BCUT2D eigenvalue weighted by Crippen LogP contribution is 2.35. The molecule has 2 aromatic rings. The van der Waals surface area contributed by atoms with E-state index in [0.717, 1.165) is 12.2 Å². The zero-order valence-electron chi connectivity index (χ0n) is 13.1. The van der Waals surface area contributed by atoms with Crippen molar-refractivity contribution in [1.82, 2.24) is 4.31 Å². The molecular formula is C16H19NO5S. The molecule has 1 atom stereocenters. The number of hydrogen-bond acceptors (Lipinski definition) is 5. The fraction of sp³-hybridized carbons (Fsp3) is 0.375. The van der Waals surface area contributed by atoms with E-state index in [0.29, 0.717) is 24.6 Å². The summed E-state index contributed by atoms with van der Waals surface area (Å²) < 4.78 is 43.1. The summed E-state index contributed by atoms with van der Waals surface area (Å²) in [5.41, 5.74) is 0. The molecule has 1 saturated heterocycles. The molecule has 1 aliphatic heterocycles. The van der Waals surface area contributed by atoms with Crippen LogP contribution in [0.5, 0.6) is 11.5 Å². The minimum Gasteiger partial charge on any atom is -0.497 e. The first kappa shape index (κ1) is 15.9. The first-order chi connectivity index (χ1) is 11.1. The summed E-state index contributed by atoms with van der Waals surface area (Å²) in [5.74, 6) is 1.69. The molecule has 124 valence electrons. The molecule has 6 nitrogen and oxygen atoms in total. The average Bonchev–Trinajstić information content (AvgIpc) is 3.25. The molecule has 0 saturated carbocycles. The molecule has 1 aromatic heterocycles. The van der Waals surface area contributed by atoms with Gasteiger partial charge in [-0.05, 0) is 30.7 Å². The van der Waals surface area contributed by atoms with E-state index in [-0.39, 0.29) is 10.8 Å². The van der Waals surface area contributed by atoms with E-state index in [4.69, 9.17) is 13.9 Å². The summed E-state index contributed by atoms with van der Waals surface area (Å²) in [5, 5.41) is 0. The summed E-state index contributed by atoms with van der Waals surface area (Å²) in [6, 6.07) is 8.47. The quantitative estimate of drug-likeness (QED) is 0.838. The smallest absolute Gasteiger partial charge is 0.246 e. The lowest BCUT2D eigenvalue weighted by molar-refractivity contribution is 0.388. The van der Waals surface area contributed by atoms with Crippen LogP contribution in [0.4, 0.5) is 0 Å². The van der Waals surface area contributed by atoms with Gasteiger partial charge in [-0.3, -0.25) is 0 Å². The molecule has 0 bridgehead atoms. The van der Waals surface area contributed by atoms with Crippen molar-refractivity contribution in [3.8, 4) is 11.5 Å². The third kappa shape index (κ3) is 2.94. The Kier molecular flexibility index (Phi) is 4.32. The minimum absolute atomic E-state index is 0.0800. The number of benzene rings is 1. The number of rotatable bonds is 5. The van der Waals surface area contributed by atoms with E-state index in [1.54, 1.807) is 18.4 Å². The minimum atomic E-state index is -3.65. The Hall–Kier alpha value is -1.99. The Labute approximate surface area is 135 Å². The highest BCUT2D eigenvalue weighted by atomic mass is 32.2. The van der Waals surface area contributed by atoms with E-state index in [1.165, 1.54) is 24.6 Å². The number of nitrogens with zero attached hydrogens (tertiary/aromatic N) is 1. The monoisotopic (exact) mass is 337 g/mol. The molecule has 0 amide bonds. The lowest BCUT2D eigenvalue weighted by Gasteiger charge is -2.18. The molecule has 3 rings (SSSR count). The van der Waals surface area contributed by atoms with Crippen LogP contribution in [-0.2, 0) is 10.0 Å². The predicted molar refractivity (Wildman–Crippen MR) is 84.4 cm³/mol. The van der Waals surface area contributed by atoms with Gasteiger partial charge in [0, 0.05) is 25.1 Å². The number of methoxy groups -OCH3 is 2. The molecule has 2 heterocycles. The second kappa shape index (κ2) is 6.25. The first-order valence-electron chi connectivity index (χ1n) is 7.32. The topological polar surface area (TPSA) is 69.0 Å². The number of ether oxygens (including phenoxy) is 2. The van der Waals surface area contributed by atoms with Crippen LogP contribution in [0.3, 0.4) is 0 Å². The highest BCUT2D eigenvalue weighted by molar-refractivity contribution is 7.89. The van der Waals surface area contributed by atoms with Crippen molar-refractivity contribution < 1.29 is 22.3 Å². The van der Waals surface area contributed by atoms with Crippen molar-refractivity contribution in [2.24, 2.45) is 0 Å². The van der Waals surface area contributed by atoms with Crippen LogP contribution >= 0.6 is 0 Å². The van der Waals surface area contributed by atoms with Crippen LogP contribution in [-0.4, -0.2) is 40.0 Å². The van der Waals surface area contributed by atoms with Crippen LogP contribution in [0.15, 0.2) is 45.9 Å². The molecule has 0 spiro atoms. The zero-order chi connectivity index (χ0) is 16.4. The van der Waals surface area contributed by atoms with Crippen LogP contribution in [0, 0.1) is 0 Å². The Bertz CT molecular complexity index is 770. The van der Waals surface area contributed by atoms with Crippen LogP contribution in [0.2, 0.25) is 0 Å².